The van der Waals surface area contributed by atoms with E-state index < -0.39 is 0 Å². The Morgan fingerprint density at radius 3 is 2.58 bits per heavy atom. The van der Waals surface area contributed by atoms with Crippen LogP contribution in [0.2, 0.25) is 5.02 Å². The fraction of sp³-hybridized carbons (Fsp3) is 0.231. The molecule has 100 valence electrons. The normalized spacial score (nSPS) is 10.3. The van der Waals surface area contributed by atoms with E-state index in [1.54, 1.807) is 4.68 Å². The number of anilines is 2. The molecule has 0 radical (unpaired) electrons. The van der Waals surface area contributed by atoms with Gasteiger partial charge in [-0.2, -0.15) is 5.10 Å². The van der Waals surface area contributed by atoms with Gasteiger partial charge in [-0.1, -0.05) is 17.7 Å². The van der Waals surface area contributed by atoms with Crippen molar-refractivity contribution in [1.29, 1.82) is 0 Å². The van der Waals surface area contributed by atoms with Crippen molar-refractivity contribution in [2.45, 2.75) is 13.8 Å². The van der Waals surface area contributed by atoms with E-state index in [0.717, 1.165) is 22.6 Å². The van der Waals surface area contributed by atoms with Crippen LogP contribution >= 0.6 is 23.8 Å². The topological polar surface area (TPSA) is 41.9 Å². The number of nitrogens with zero attached hydrogens (tertiary/aromatic N) is 2. The Labute approximate surface area is 122 Å². The summed E-state index contributed by atoms with van der Waals surface area (Å²) < 4.78 is 1.74. The number of aromatic nitrogens is 2. The number of thiocarbonyl (C=S) groups is 1. The molecule has 0 aliphatic carbocycles. The highest BCUT2D eigenvalue weighted by atomic mass is 35.5. The highest BCUT2D eigenvalue weighted by Gasteiger charge is 2.06. The minimum atomic E-state index is 0.515. The molecule has 0 unspecified atom stereocenters. The fourth-order valence-corrected chi connectivity index (χ4v) is 2.12. The summed E-state index contributed by atoms with van der Waals surface area (Å²) >= 11 is 11.3. The number of nitrogens with one attached hydrogen (secondary N) is 2. The lowest BCUT2D eigenvalue weighted by molar-refractivity contribution is 0.756. The largest absolute Gasteiger partial charge is 0.332 e. The van der Waals surface area contributed by atoms with Crippen LogP contribution in [0.15, 0.2) is 24.4 Å². The summed E-state index contributed by atoms with van der Waals surface area (Å²) in [6.07, 6.45) is 1.88. The molecule has 0 saturated carbocycles. The third-order valence-electron chi connectivity index (χ3n) is 2.71. The Balaban J connectivity index is 2.09. The predicted octanol–water partition coefficient (Wildman–Crippen LogP) is 3.50. The highest BCUT2D eigenvalue weighted by Crippen LogP contribution is 2.20. The maximum Gasteiger partial charge on any atom is 0.175 e. The van der Waals surface area contributed by atoms with Gasteiger partial charge in [0, 0.05) is 24.0 Å². The molecule has 0 amide bonds. The Morgan fingerprint density at radius 1 is 1.26 bits per heavy atom. The Kier molecular flexibility index (Phi) is 4.07. The Hall–Kier alpha value is -1.59. The Bertz CT molecular complexity index is 621. The summed E-state index contributed by atoms with van der Waals surface area (Å²) in [7, 11) is 1.87. The van der Waals surface area contributed by atoms with Crippen molar-refractivity contribution in [2.24, 2.45) is 7.05 Å². The first-order chi connectivity index (χ1) is 8.95. The van der Waals surface area contributed by atoms with Gasteiger partial charge in [0.15, 0.2) is 5.11 Å². The first-order valence-corrected chi connectivity index (χ1v) is 6.59. The average molecular weight is 295 g/mol. The molecule has 0 spiro atoms. The second-order valence-corrected chi connectivity index (χ2v) is 5.18. The van der Waals surface area contributed by atoms with Crippen molar-refractivity contribution in [3.05, 3.63) is 40.7 Å². The van der Waals surface area contributed by atoms with E-state index in [9.17, 15) is 0 Å². The first kappa shape index (κ1) is 13.8. The number of hydrogen-bond donors (Lipinski definition) is 2. The third-order valence-corrected chi connectivity index (χ3v) is 3.15. The lowest BCUT2D eigenvalue weighted by atomic mass is 10.2. The van der Waals surface area contributed by atoms with Crippen LogP contribution in [-0.2, 0) is 7.05 Å². The van der Waals surface area contributed by atoms with Crippen molar-refractivity contribution in [3.63, 3.8) is 0 Å². The van der Waals surface area contributed by atoms with Gasteiger partial charge in [-0.3, -0.25) is 4.68 Å². The van der Waals surface area contributed by atoms with Crippen molar-refractivity contribution >= 4 is 40.3 Å². The van der Waals surface area contributed by atoms with Crippen LogP contribution in [0.5, 0.6) is 0 Å². The molecule has 2 rings (SSSR count). The van der Waals surface area contributed by atoms with Crippen LogP contribution < -0.4 is 10.6 Å². The molecule has 0 aliphatic rings. The second kappa shape index (κ2) is 5.59. The van der Waals surface area contributed by atoms with Gasteiger partial charge in [-0.25, -0.2) is 0 Å². The number of benzene rings is 1. The number of hydrogen-bond acceptors (Lipinski definition) is 2. The monoisotopic (exact) mass is 294 g/mol. The maximum absolute atomic E-state index is 5.97. The quantitative estimate of drug-likeness (QED) is 0.832. The lowest BCUT2D eigenvalue weighted by Crippen LogP contribution is -2.19. The van der Waals surface area contributed by atoms with Gasteiger partial charge in [0.2, 0.25) is 0 Å². The van der Waals surface area contributed by atoms with Gasteiger partial charge in [0.25, 0.3) is 0 Å². The van der Waals surface area contributed by atoms with Crippen molar-refractivity contribution < 1.29 is 0 Å². The van der Waals surface area contributed by atoms with Crippen molar-refractivity contribution in [3.8, 4) is 0 Å². The summed E-state index contributed by atoms with van der Waals surface area (Å²) in [5.41, 5.74) is 3.76. The Morgan fingerprint density at radius 2 is 1.95 bits per heavy atom. The molecule has 0 aliphatic heterocycles. The van der Waals surface area contributed by atoms with E-state index in [0.29, 0.717) is 10.1 Å². The molecule has 1 aromatic heterocycles. The SMILES string of the molecule is Cc1ccc(Cl)cc1NC(=S)Nc1cn(C)nc1C. The van der Waals surface area contributed by atoms with Crippen LogP contribution in [0.3, 0.4) is 0 Å². The maximum atomic E-state index is 5.97. The van der Waals surface area contributed by atoms with Gasteiger partial charge in [0.1, 0.15) is 0 Å². The van der Waals surface area contributed by atoms with E-state index in [-0.39, 0.29) is 0 Å². The lowest BCUT2D eigenvalue weighted by Gasteiger charge is -2.12. The van der Waals surface area contributed by atoms with Gasteiger partial charge >= 0.3 is 0 Å². The van der Waals surface area contributed by atoms with Crippen LogP contribution in [0.1, 0.15) is 11.3 Å². The zero-order valence-electron chi connectivity index (χ0n) is 11.0. The van der Waals surface area contributed by atoms with E-state index in [1.807, 2.05) is 45.3 Å². The summed E-state index contributed by atoms with van der Waals surface area (Å²) in [5.74, 6) is 0. The molecule has 2 aromatic rings. The molecule has 19 heavy (non-hydrogen) atoms. The van der Waals surface area contributed by atoms with E-state index in [1.165, 1.54) is 0 Å². The van der Waals surface area contributed by atoms with Crippen LogP contribution in [0.25, 0.3) is 0 Å². The van der Waals surface area contributed by atoms with Crippen LogP contribution in [0, 0.1) is 13.8 Å². The average Bonchev–Trinajstić information content (AvgIpc) is 2.62. The molecular formula is C13H15ClN4S. The summed E-state index contributed by atoms with van der Waals surface area (Å²) in [6.45, 7) is 3.92. The van der Waals surface area contributed by atoms with Crippen molar-refractivity contribution in [2.75, 3.05) is 10.6 Å². The number of rotatable bonds is 2. The minimum absolute atomic E-state index is 0.515. The molecule has 2 N–H and O–H groups in total. The number of aryl methyl sites for hydroxylation is 3. The highest BCUT2D eigenvalue weighted by molar-refractivity contribution is 7.80. The standard InChI is InChI=1S/C13H15ClN4S/c1-8-4-5-10(14)6-11(8)15-13(19)16-12-7-18(3)17-9(12)2/h4-7H,1-3H3,(H2,15,16,19). The van der Waals surface area contributed by atoms with E-state index >= 15 is 0 Å². The molecule has 0 atom stereocenters. The minimum Gasteiger partial charge on any atom is -0.332 e. The van der Waals surface area contributed by atoms with Crippen molar-refractivity contribution in [1.82, 2.24) is 9.78 Å². The van der Waals surface area contributed by atoms with E-state index in [4.69, 9.17) is 23.8 Å². The molecule has 0 saturated heterocycles. The molecular weight excluding hydrogens is 280 g/mol. The molecule has 0 fully saturated rings. The molecule has 0 bridgehead atoms. The smallest absolute Gasteiger partial charge is 0.175 e. The molecule has 4 nitrogen and oxygen atoms in total. The van der Waals surface area contributed by atoms with Crippen LogP contribution in [-0.4, -0.2) is 14.9 Å². The van der Waals surface area contributed by atoms with Gasteiger partial charge in [0.05, 0.1) is 11.4 Å². The second-order valence-electron chi connectivity index (χ2n) is 4.34. The summed E-state index contributed by atoms with van der Waals surface area (Å²) in [5, 5.41) is 11.7. The van der Waals surface area contributed by atoms with Gasteiger partial charge in [-0.15, -0.1) is 0 Å². The van der Waals surface area contributed by atoms with Gasteiger partial charge in [-0.05, 0) is 43.8 Å². The zero-order valence-corrected chi connectivity index (χ0v) is 12.6. The third kappa shape index (κ3) is 3.45. The molecule has 1 aromatic carbocycles. The van der Waals surface area contributed by atoms with Crippen LogP contribution in [0.4, 0.5) is 11.4 Å². The predicted molar refractivity (Wildman–Crippen MR) is 84.0 cm³/mol. The first-order valence-electron chi connectivity index (χ1n) is 5.80. The summed E-state index contributed by atoms with van der Waals surface area (Å²) in [4.78, 5) is 0. The molecule has 1 heterocycles. The van der Waals surface area contributed by atoms with E-state index in [2.05, 4.69) is 15.7 Å². The summed E-state index contributed by atoms with van der Waals surface area (Å²) in [6, 6.07) is 5.65. The number of halogens is 1. The molecule has 6 heteroatoms. The fourth-order valence-electron chi connectivity index (χ4n) is 1.73. The van der Waals surface area contributed by atoms with Gasteiger partial charge < -0.3 is 10.6 Å². The zero-order chi connectivity index (χ0) is 14.0.